The van der Waals surface area contributed by atoms with Gasteiger partial charge in [0, 0.05) is 11.5 Å². The number of thioether (sulfide) groups is 1. The van der Waals surface area contributed by atoms with Gasteiger partial charge in [-0.1, -0.05) is 30.0 Å². The van der Waals surface area contributed by atoms with Crippen LogP contribution in [0.1, 0.15) is 12.5 Å². The Labute approximate surface area is 163 Å². The van der Waals surface area contributed by atoms with Crippen LogP contribution in [0.3, 0.4) is 0 Å². The van der Waals surface area contributed by atoms with Crippen LogP contribution >= 0.6 is 11.8 Å². The minimum Gasteiger partial charge on any atom is -0.323 e. The van der Waals surface area contributed by atoms with Crippen LogP contribution in [0.4, 0.5) is 14.5 Å². The molecule has 1 atom stereocenters. The fourth-order valence-electron chi connectivity index (χ4n) is 2.99. The van der Waals surface area contributed by atoms with Crippen molar-refractivity contribution in [3.63, 3.8) is 0 Å². The number of halogens is 2. The zero-order chi connectivity index (χ0) is 19.8. The third-order valence-corrected chi connectivity index (χ3v) is 5.45. The number of nitrogens with zero attached hydrogens (tertiary/aromatic N) is 3. The maximum Gasteiger partial charge on any atom is 0.237 e. The zero-order valence-corrected chi connectivity index (χ0v) is 15.9. The summed E-state index contributed by atoms with van der Waals surface area (Å²) in [6, 6.07) is 12.7. The minimum atomic E-state index is -0.693. The molecule has 2 aromatic heterocycles. The Morgan fingerprint density at radius 3 is 2.75 bits per heavy atom. The first-order valence-corrected chi connectivity index (χ1v) is 9.48. The van der Waals surface area contributed by atoms with Crippen molar-refractivity contribution in [1.29, 1.82) is 0 Å². The zero-order valence-electron chi connectivity index (χ0n) is 15.1. The predicted octanol–water partition coefficient (Wildman–Crippen LogP) is 4.59. The molecule has 5 nitrogen and oxygen atoms in total. The van der Waals surface area contributed by atoms with Crippen LogP contribution in [-0.2, 0) is 4.79 Å². The van der Waals surface area contributed by atoms with E-state index in [9.17, 15) is 13.6 Å². The van der Waals surface area contributed by atoms with Crippen molar-refractivity contribution in [3.05, 3.63) is 65.7 Å². The van der Waals surface area contributed by atoms with Gasteiger partial charge in [0.2, 0.25) is 5.91 Å². The largest absolute Gasteiger partial charge is 0.323 e. The monoisotopic (exact) mass is 398 g/mol. The molecule has 0 aliphatic rings. The molecular weight excluding hydrogens is 382 g/mol. The van der Waals surface area contributed by atoms with Crippen LogP contribution in [0.2, 0.25) is 0 Å². The molecule has 0 fully saturated rings. The van der Waals surface area contributed by atoms with E-state index in [1.54, 1.807) is 6.92 Å². The van der Waals surface area contributed by atoms with E-state index in [2.05, 4.69) is 15.5 Å². The van der Waals surface area contributed by atoms with Crippen LogP contribution in [0.5, 0.6) is 0 Å². The first-order valence-electron chi connectivity index (χ1n) is 8.60. The molecule has 0 bridgehead atoms. The second-order valence-electron chi connectivity index (χ2n) is 6.39. The number of aromatic nitrogens is 3. The third-order valence-electron chi connectivity index (χ3n) is 4.41. The molecule has 1 unspecified atom stereocenters. The van der Waals surface area contributed by atoms with Crippen molar-refractivity contribution in [2.45, 2.75) is 24.3 Å². The normalized spacial score (nSPS) is 12.4. The highest BCUT2D eigenvalue weighted by Gasteiger charge is 2.20. The van der Waals surface area contributed by atoms with Crippen LogP contribution in [-0.4, -0.2) is 25.8 Å². The maximum absolute atomic E-state index is 13.8. The number of carbonyl (C=O) groups is 1. The number of benzene rings is 2. The van der Waals surface area contributed by atoms with Gasteiger partial charge in [-0.3, -0.25) is 9.20 Å². The molecule has 2 heterocycles. The molecule has 0 aliphatic heterocycles. The first kappa shape index (κ1) is 18.4. The number of hydrogen-bond donors (Lipinski definition) is 1. The number of rotatable bonds is 4. The Bertz CT molecular complexity index is 1210. The number of amides is 1. The van der Waals surface area contributed by atoms with E-state index in [0.717, 1.165) is 34.7 Å². The second kappa shape index (κ2) is 7.20. The van der Waals surface area contributed by atoms with Gasteiger partial charge in [0.1, 0.15) is 11.6 Å². The highest BCUT2D eigenvalue weighted by atomic mass is 32.2. The van der Waals surface area contributed by atoms with Crippen molar-refractivity contribution in [1.82, 2.24) is 14.6 Å². The fraction of sp³-hybridized carbons (Fsp3) is 0.150. The topological polar surface area (TPSA) is 59.3 Å². The quantitative estimate of drug-likeness (QED) is 0.511. The summed E-state index contributed by atoms with van der Waals surface area (Å²) in [4.78, 5) is 12.5. The fourth-order valence-corrected chi connectivity index (χ4v) is 3.86. The SMILES string of the molecule is Cc1cc2nnc(SC(C)C(=O)Nc3cc(F)ccc3F)n2c2ccccc12. The van der Waals surface area contributed by atoms with E-state index in [1.807, 2.05) is 41.7 Å². The van der Waals surface area contributed by atoms with E-state index in [4.69, 9.17) is 0 Å². The van der Waals surface area contributed by atoms with E-state index in [0.29, 0.717) is 10.8 Å². The minimum absolute atomic E-state index is 0.190. The second-order valence-corrected chi connectivity index (χ2v) is 7.70. The molecule has 2 aromatic carbocycles. The van der Waals surface area contributed by atoms with E-state index in [-0.39, 0.29) is 5.69 Å². The molecule has 4 rings (SSSR count). The van der Waals surface area contributed by atoms with Crippen molar-refractivity contribution < 1.29 is 13.6 Å². The molecule has 0 radical (unpaired) electrons. The lowest BCUT2D eigenvalue weighted by Gasteiger charge is -2.12. The summed E-state index contributed by atoms with van der Waals surface area (Å²) in [5, 5.41) is 11.9. The Morgan fingerprint density at radius 2 is 1.93 bits per heavy atom. The Kier molecular flexibility index (Phi) is 4.72. The summed E-state index contributed by atoms with van der Waals surface area (Å²) in [6.45, 7) is 3.68. The van der Waals surface area contributed by atoms with Crippen LogP contribution in [0.25, 0.3) is 16.6 Å². The van der Waals surface area contributed by atoms with Crippen molar-refractivity contribution in [2.24, 2.45) is 0 Å². The average molecular weight is 398 g/mol. The van der Waals surface area contributed by atoms with Crippen LogP contribution in [0.15, 0.2) is 53.7 Å². The Hall–Kier alpha value is -3.00. The number of nitrogens with one attached hydrogen (secondary N) is 1. The molecule has 0 aliphatic carbocycles. The van der Waals surface area contributed by atoms with Gasteiger partial charge >= 0.3 is 0 Å². The predicted molar refractivity (Wildman–Crippen MR) is 106 cm³/mol. The molecule has 1 amide bonds. The average Bonchev–Trinajstić information content (AvgIpc) is 3.07. The molecule has 4 aromatic rings. The number of carbonyl (C=O) groups excluding carboxylic acids is 1. The first-order chi connectivity index (χ1) is 13.4. The van der Waals surface area contributed by atoms with Crippen molar-refractivity contribution in [2.75, 3.05) is 5.32 Å². The van der Waals surface area contributed by atoms with Gasteiger partial charge in [0.25, 0.3) is 0 Å². The smallest absolute Gasteiger partial charge is 0.237 e. The molecular formula is C20H16F2N4OS. The summed E-state index contributed by atoms with van der Waals surface area (Å²) in [7, 11) is 0. The third kappa shape index (κ3) is 3.31. The van der Waals surface area contributed by atoms with E-state index < -0.39 is 22.8 Å². The van der Waals surface area contributed by atoms with E-state index in [1.165, 1.54) is 11.8 Å². The van der Waals surface area contributed by atoms with Crippen molar-refractivity contribution in [3.8, 4) is 0 Å². The summed E-state index contributed by atoms with van der Waals surface area (Å²) in [6.07, 6.45) is 0. The van der Waals surface area contributed by atoms with Gasteiger partial charge in [-0.2, -0.15) is 0 Å². The lowest BCUT2D eigenvalue weighted by Crippen LogP contribution is -2.23. The molecule has 0 spiro atoms. The summed E-state index contributed by atoms with van der Waals surface area (Å²) >= 11 is 1.20. The summed E-state index contributed by atoms with van der Waals surface area (Å²) in [5.41, 5.74) is 2.51. The lowest BCUT2D eigenvalue weighted by atomic mass is 10.1. The highest BCUT2D eigenvalue weighted by Crippen LogP contribution is 2.28. The van der Waals surface area contributed by atoms with Crippen LogP contribution in [0, 0.1) is 18.6 Å². The Balaban J connectivity index is 1.63. The number of hydrogen-bond acceptors (Lipinski definition) is 4. The van der Waals surface area contributed by atoms with Crippen LogP contribution < -0.4 is 5.32 Å². The molecule has 0 saturated carbocycles. The lowest BCUT2D eigenvalue weighted by molar-refractivity contribution is -0.115. The maximum atomic E-state index is 13.8. The standard InChI is InChI=1S/C20H16F2N4OS/c1-11-9-18-24-25-20(26(18)17-6-4-3-5-14(11)17)28-12(2)19(27)23-16-10-13(21)7-8-15(16)22/h3-10,12H,1-2H3,(H,23,27). The molecule has 1 N–H and O–H groups in total. The molecule has 8 heteroatoms. The number of aryl methyl sites for hydroxylation is 1. The molecule has 0 saturated heterocycles. The number of anilines is 1. The van der Waals surface area contributed by atoms with Gasteiger partial charge in [-0.05, 0) is 43.7 Å². The Morgan fingerprint density at radius 1 is 1.14 bits per heavy atom. The van der Waals surface area contributed by atoms with Gasteiger partial charge in [-0.25, -0.2) is 8.78 Å². The van der Waals surface area contributed by atoms with Gasteiger partial charge < -0.3 is 5.32 Å². The molecule has 142 valence electrons. The van der Waals surface area contributed by atoms with Gasteiger partial charge in [-0.15, -0.1) is 10.2 Å². The highest BCUT2D eigenvalue weighted by molar-refractivity contribution is 8.00. The van der Waals surface area contributed by atoms with Gasteiger partial charge in [0.05, 0.1) is 16.5 Å². The molecule has 28 heavy (non-hydrogen) atoms. The van der Waals surface area contributed by atoms with Crippen molar-refractivity contribution >= 4 is 39.9 Å². The summed E-state index contributed by atoms with van der Waals surface area (Å²) in [5.74, 6) is -1.77. The summed E-state index contributed by atoms with van der Waals surface area (Å²) < 4.78 is 29.0. The van der Waals surface area contributed by atoms with Gasteiger partial charge in [0.15, 0.2) is 10.8 Å². The number of pyridine rings is 1. The number of para-hydroxylation sites is 1. The number of fused-ring (bicyclic) bond motifs is 3. The van der Waals surface area contributed by atoms with E-state index >= 15 is 0 Å².